The Hall–Kier alpha value is -0.840. The molecule has 0 aromatic heterocycles. The number of carbonyl (C=O) groups is 1. The van der Waals surface area contributed by atoms with Crippen molar-refractivity contribution >= 4 is 5.78 Å². The van der Waals surface area contributed by atoms with E-state index in [1.807, 2.05) is 13.8 Å². The number of rotatable bonds is 1. The average Bonchev–Trinajstić information content (AvgIpc) is 2.36. The minimum Gasteiger partial charge on any atom is -0.299 e. The fraction of sp³-hybridized carbons (Fsp3) is 0.778. The van der Waals surface area contributed by atoms with Crippen LogP contribution in [0.2, 0.25) is 0 Å². The van der Waals surface area contributed by atoms with E-state index >= 15 is 0 Å². The van der Waals surface area contributed by atoms with Gasteiger partial charge in [-0.15, -0.1) is 0 Å². The maximum absolute atomic E-state index is 11.2. The Bertz CT molecular complexity index is 212. The second-order valence-electron chi connectivity index (χ2n) is 3.74. The van der Waals surface area contributed by atoms with Crippen molar-refractivity contribution in [2.45, 2.75) is 33.1 Å². The predicted octanol–water partition coefficient (Wildman–Crippen LogP) is 1.91. The van der Waals surface area contributed by atoms with E-state index in [9.17, 15) is 4.79 Å². The largest absolute Gasteiger partial charge is 0.299 e. The van der Waals surface area contributed by atoms with Crippen molar-refractivity contribution in [3.63, 3.8) is 0 Å². The van der Waals surface area contributed by atoms with Crippen LogP contribution in [0.1, 0.15) is 33.1 Å². The van der Waals surface area contributed by atoms with Crippen LogP contribution in [0.4, 0.5) is 0 Å². The van der Waals surface area contributed by atoms with Gasteiger partial charge < -0.3 is 0 Å². The third kappa shape index (κ3) is 1.42. The topological polar surface area (TPSA) is 40.9 Å². The Morgan fingerprint density at radius 3 is 2.64 bits per heavy atom. The molecule has 1 aliphatic carbocycles. The first-order valence-corrected chi connectivity index (χ1v) is 4.02. The highest BCUT2D eigenvalue weighted by molar-refractivity contribution is 5.83. The molecule has 0 saturated heterocycles. The number of nitriles is 1. The zero-order valence-electron chi connectivity index (χ0n) is 7.05. The Labute approximate surface area is 67.2 Å². The van der Waals surface area contributed by atoms with E-state index in [2.05, 4.69) is 6.07 Å². The molecule has 0 aromatic carbocycles. The molecule has 0 N–H and O–H groups in total. The molecule has 1 aliphatic rings. The smallest absolute Gasteiger partial charge is 0.137 e. The predicted molar refractivity (Wildman–Crippen MR) is 41.7 cm³/mol. The third-order valence-electron chi connectivity index (χ3n) is 2.46. The van der Waals surface area contributed by atoms with Gasteiger partial charge in [0.1, 0.15) is 5.78 Å². The van der Waals surface area contributed by atoms with Gasteiger partial charge in [-0.2, -0.15) is 5.26 Å². The zero-order valence-corrected chi connectivity index (χ0v) is 7.05. The Balaban J connectivity index is 2.76. The zero-order chi connectivity index (χ0) is 8.48. The Morgan fingerprint density at radius 2 is 2.27 bits per heavy atom. The highest BCUT2D eigenvalue weighted by Crippen LogP contribution is 2.36. The van der Waals surface area contributed by atoms with Crippen molar-refractivity contribution in [3.05, 3.63) is 0 Å². The number of Topliss-reactive ketones (excluding diaryl/α,β-unsaturated/α-hetero) is 1. The Kier molecular flexibility index (Phi) is 1.99. The molecule has 0 aromatic rings. The van der Waals surface area contributed by atoms with Crippen LogP contribution in [0.3, 0.4) is 0 Å². The monoisotopic (exact) mass is 151 g/mol. The van der Waals surface area contributed by atoms with Crippen molar-refractivity contribution in [3.8, 4) is 6.07 Å². The second kappa shape index (κ2) is 2.65. The number of nitrogens with zero attached hydrogens (tertiary/aromatic N) is 1. The summed E-state index contributed by atoms with van der Waals surface area (Å²) in [5.41, 5.74) is -0.451. The summed E-state index contributed by atoms with van der Waals surface area (Å²) in [5.74, 6) is 0.268. The average molecular weight is 151 g/mol. The van der Waals surface area contributed by atoms with Crippen LogP contribution in [0.15, 0.2) is 0 Å². The van der Waals surface area contributed by atoms with E-state index in [-0.39, 0.29) is 11.7 Å². The van der Waals surface area contributed by atoms with E-state index in [1.165, 1.54) is 0 Å². The molecule has 0 bridgehead atoms. The van der Waals surface area contributed by atoms with E-state index in [0.717, 1.165) is 12.8 Å². The molecule has 1 atom stereocenters. The fourth-order valence-corrected chi connectivity index (χ4v) is 1.66. The highest BCUT2D eigenvalue weighted by Gasteiger charge is 2.37. The normalized spacial score (nSPS) is 25.2. The molecule has 1 rings (SSSR count). The SMILES string of the molecule is CC(C)(C#N)[C@@H]1CCCC1=O. The molecule has 0 radical (unpaired) electrons. The molecule has 60 valence electrons. The van der Waals surface area contributed by atoms with Gasteiger partial charge in [0.05, 0.1) is 11.5 Å². The highest BCUT2D eigenvalue weighted by atomic mass is 16.1. The first-order chi connectivity index (χ1) is 5.08. The first kappa shape index (κ1) is 8.26. The second-order valence-corrected chi connectivity index (χ2v) is 3.74. The van der Waals surface area contributed by atoms with E-state index in [0.29, 0.717) is 6.42 Å². The van der Waals surface area contributed by atoms with Gasteiger partial charge in [0, 0.05) is 12.3 Å². The minimum atomic E-state index is -0.451. The molecular formula is C9H13NO. The van der Waals surface area contributed by atoms with Crippen molar-refractivity contribution in [1.82, 2.24) is 0 Å². The van der Waals surface area contributed by atoms with Gasteiger partial charge >= 0.3 is 0 Å². The van der Waals surface area contributed by atoms with Crippen LogP contribution in [-0.4, -0.2) is 5.78 Å². The lowest BCUT2D eigenvalue weighted by molar-refractivity contribution is -0.122. The van der Waals surface area contributed by atoms with Crippen LogP contribution >= 0.6 is 0 Å². The van der Waals surface area contributed by atoms with Gasteiger partial charge in [0.25, 0.3) is 0 Å². The van der Waals surface area contributed by atoms with E-state index in [4.69, 9.17) is 5.26 Å². The molecule has 0 spiro atoms. The summed E-state index contributed by atoms with van der Waals surface area (Å²) in [7, 11) is 0. The Morgan fingerprint density at radius 1 is 1.64 bits per heavy atom. The van der Waals surface area contributed by atoms with Crippen LogP contribution < -0.4 is 0 Å². The molecule has 2 heteroatoms. The lowest BCUT2D eigenvalue weighted by atomic mass is 9.79. The number of carbonyl (C=O) groups excluding carboxylic acids is 1. The lowest BCUT2D eigenvalue weighted by Gasteiger charge is -2.21. The summed E-state index contributed by atoms with van der Waals surface area (Å²) in [6, 6.07) is 2.19. The minimum absolute atomic E-state index is 0.00694. The maximum Gasteiger partial charge on any atom is 0.137 e. The molecule has 1 fully saturated rings. The van der Waals surface area contributed by atoms with E-state index < -0.39 is 5.41 Å². The van der Waals surface area contributed by atoms with Crippen LogP contribution in [-0.2, 0) is 4.79 Å². The van der Waals surface area contributed by atoms with Crippen molar-refractivity contribution in [2.75, 3.05) is 0 Å². The lowest BCUT2D eigenvalue weighted by Crippen LogP contribution is -2.25. The summed E-state index contributed by atoms with van der Waals surface area (Å²) < 4.78 is 0. The maximum atomic E-state index is 11.2. The quantitative estimate of drug-likeness (QED) is 0.574. The third-order valence-corrected chi connectivity index (χ3v) is 2.46. The molecule has 0 heterocycles. The molecule has 2 nitrogen and oxygen atoms in total. The van der Waals surface area contributed by atoms with Crippen LogP contribution in [0.5, 0.6) is 0 Å². The van der Waals surface area contributed by atoms with Crippen LogP contribution in [0.25, 0.3) is 0 Å². The molecule has 11 heavy (non-hydrogen) atoms. The molecule has 0 unspecified atom stereocenters. The fourth-order valence-electron chi connectivity index (χ4n) is 1.66. The summed E-state index contributed by atoms with van der Waals surface area (Å²) in [5, 5.41) is 8.77. The molecular weight excluding hydrogens is 138 g/mol. The summed E-state index contributed by atoms with van der Waals surface area (Å²) in [4.78, 5) is 11.2. The summed E-state index contributed by atoms with van der Waals surface area (Å²) in [6.45, 7) is 3.70. The number of ketones is 1. The summed E-state index contributed by atoms with van der Waals surface area (Å²) >= 11 is 0. The van der Waals surface area contributed by atoms with Gasteiger partial charge in [-0.25, -0.2) is 0 Å². The van der Waals surface area contributed by atoms with Crippen LogP contribution in [0, 0.1) is 22.7 Å². The first-order valence-electron chi connectivity index (χ1n) is 4.02. The number of hydrogen-bond donors (Lipinski definition) is 0. The molecule has 1 saturated carbocycles. The van der Waals surface area contributed by atoms with Gasteiger partial charge in [-0.05, 0) is 26.7 Å². The van der Waals surface area contributed by atoms with Gasteiger partial charge in [-0.3, -0.25) is 4.79 Å². The van der Waals surface area contributed by atoms with E-state index in [1.54, 1.807) is 0 Å². The van der Waals surface area contributed by atoms with Crippen molar-refractivity contribution < 1.29 is 4.79 Å². The molecule has 0 amide bonds. The molecule has 0 aliphatic heterocycles. The van der Waals surface area contributed by atoms with Crippen molar-refractivity contribution in [2.24, 2.45) is 11.3 Å². The standard InChI is InChI=1S/C9H13NO/c1-9(2,6-10)7-4-3-5-8(7)11/h7H,3-5H2,1-2H3/t7-/m1/s1. The van der Waals surface area contributed by atoms with Gasteiger partial charge in [0.15, 0.2) is 0 Å². The number of hydrogen-bond acceptors (Lipinski definition) is 2. The van der Waals surface area contributed by atoms with Gasteiger partial charge in [-0.1, -0.05) is 0 Å². The summed E-state index contributed by atoms with van der Waals surface area (Å²) in [6.07, 6.45) is 2.55. The van der Waals surface area contributed by atoms with Gasteiger partial charge in [0.2, 0.25) is 0 Å². The van der Waals surface area contributed by atoms with Crippen molar-refractivity contribution in [1.29, 1.82) is 5.26 Å².